The van der Waals surface area contributed by atoms with Crippen molar-refractivity contribution in [3.63, 3.8) is 0 Å². The molecule has 0 radical (unpaired) electrons. The summed E-state index contributed by atoms with van der Waals surface area (Å²) in [5, 5.41) is 1.24. The second kappa shape index (κ2) is 14.1. The molecule has 0 spiro atoms. The van der Waals surface area contributed by atoms with Gasteiger partial charge in [-0.3, -0.25) is 0 Å². The van der Waals surface area contributed by atoms with Gasteiger partial charge in [-0.15, -0.1) is 0 Å². The number of halogens is 5. The quantitative estimate of drug-likeness (QED) is 0.245. The van der Waals surface area contributed by atoms with Crippen molar-refractivity contribution >= 4 is 23.2 Å². The summed E-state index contributed by atoms with van der Waals surface area (Å²) >= 11 is 12.8. The largest absolute Gasteiger partial charge is 0.391 e. The summed E-state index contributed by atoms with van der Waals surface area (Å²) in [4.78, 5) is 0. The minimum Gasteiger partial charge on any atom is -0.171 e. The van der Waals surface area contributed by atoms with Crippen LogP contribution in [0.1, 0.15) is 113 Å². The second-order valence-electron chi connectivity index (χ2n) is 13.8. The maximum Gasteiger partial charge on any atom is 0.391 e. The Kier molecular flexibility index (Phi) is 10.7. The number of benzene rings is 2. The molecule has 0 heterocycles. The molecule has 230 valence electrons. The first kappa shape index (κ1) is 32.0. The third-order valence-electron chi connectivity index (χ3n) is 11.0. The fraction of sp³-hybridized carbons (Fsp3) is 0.622. The summed E-state index contributed by atoms with van der Waals surface area (Å²) in [6.07, 6.45) is 12.2. The first-order chi connectivity index (χ1) is 20.1. The Morgan fingerprint density at radius 1 is 0.881 bits per heavy atom. The molecule has 0 saturated heterocycles. The summed E-state index contributed by atoms with van der Waals surface area (Å²) in [5.74, 6) is 2.52. The molecule has 8 atom stereocenters. The molecule has 2 fully saturated rings. The first-order valence-electron chi connectivity index (χ1n) is 16.4. The van der Waals surface area contributed by atoms with Crippen LogP contribution in [0.15, 0.2) is 54.6 Å². The molecule has 0 aromatic heterocycles. The fourth-order valence-electron chi connectivity index (χ4n) is 8.31. The van der Waals surface area contributed by atoms with Gasteiger partial charge in [-0.2, -0.15) is 13.2 Å². The van der Waals surface area contributed by atoms with Crippen LogP contribution in [0.25, 0.3) is 0 Å². The molecule has 0 N–H and O–H groups in total. The van der Waals surface area contributed by atoms with E-state index in [1.54, 1.807) is 0 Å². The van der Waals surface area contributed by atoms with E-state index in [0.717, 1.165) is 38.0 Å². The number of allylic oxidation sites excluding steroid dienone is 2. The molecular formula is C37H47Cl2F3. The second-order valence-corrected chi connectivity index (χ2v) is 14.6. The Balaban J connectivity index is 1.28. The highest BCUT2D eigenvalue weighted by Gasteiger charge is 2.42. The Morgan fingerprint density at radius 3 is 2.43 bits per heavy atom. The average Bonchev–Trinajstić information content (AvgIpc) is 3.47. The molecule has 3 aliphatic carbocycles. The molecule has 5 heteroatoms. The van der Waals surface area contributed by atoms with Gasteiger partial charge in [0.25, 0.3) is 0 Å². The van der Waals surface area contributed by atoms with Crippen LogP contribution in [0.2, 0.25) is 10.0 Å². The maximum atomic E-state index is 13.4. The number of rotatable bonds is 9. The monoisotopic (exact) mass is 618 g/mol. The third-order valence-corrected chi connectivity index (χ3v) is 11.8. The van der Waals surface area contributed by atoms with E-state index >= 15 is 0 Å². The standard InChI is InChI=1S/C37H47Cl2F3/c1-3-24(2)28-12-10-25(11-13-28)21-34(32-16-17-35(38)36(39)23-32)31-15-14-30(22-31)29-8-4-6-26(19-29)18-27-7-5-9-33(20-27)37(40,41)42/h4,6,8,10,12,16-17,19,23-25,27-28,30-31,33-34H,3,5,7,9,11,13-15,18,20-22H2,1-2H3. The van der Waals surface area contributed by atoms with Gasteiger partial charge in [0.2, 0.25) is 0 Å². The number of alkyl halides is 3. The SMILES string of the molecule is CCC(C)C1C=CC(CC(c2ccc(Cl)c(Cl)c2)C2CCC(c3cccc(CC4CCCC(C(F)(F)F)C4)c3)C2)CC1. The molecule has 2 aromatic carbocycles. The molecule has 5 rings (SSSR count). The number of hydrogen-bond acceptors (Lipinski definition) is 0. The molecule has 0 aliphatic heterocycles. The Labute approximate surface area is 261 Å². The highest BCUT2D eigenvalue weighted by atomic mass is 35.5. The van der Waals surface area contributed by atoms with Crippen LogP contribution in [-0.4, -0.2) is 6.18 Å². The smallest absolute Gasteiger partial charge is 0.171 e. The topological polar surface area (TPSA) is 0 Å². The summed E-state index contributed by atoms with van der Waals surface area (Å²) in [6, 6.07) is 15.0. The van der Waals surface area contributed by atoms with Gasteiger partial charge in [-0.1, -0.05) is 98.8 Å². The summed E-state index contributed by atoms with van der Waals surface area (Å²) in [7, 11) is 0. The molecule has 2 saturated carbocycles. The van der Waals surface area contributed by atoms with Gasteiger partial charge in [-0.25, -0.2) is 0 Å². The van der Waals surface area contributed by atoms with Crippen molar-refractivity contribution in [2.24, 2.45) is 35.5 Å². The van der Waals surface area contributed by atoms with Crippen LogP contribution >= 0.6 is 23.2 Å². The lowest BCUT2D eigenvalue weighted by Crippen LogP contribution is -2.29. The van der Waals surface area contributed by atoms with Crippen LogP contribution in [0, 0.1) is 35.5 Å². The van der Waals surface area contributed by atoms with Gasteiger partial charge in [0.1, 0.15) is 0 Å². The molecular weight excluding hydrogens is 572 g/mol. The van der Waals surface area contributed by atoms with E-state index < -0.39 is 12.1 Å². The van der Waals surface area contributed by atoms with Gasteiger partial charge in [-0.05, 0) is 128 Å². The van der Waals surface area contributed by atoms with Crippen molar-refractivity contribution in [1.82, 2.24) is 0 Å². The Bertz CT molecular complexity index is 1200. The summed E-state index contributed by atoms with van der Waals surface area (Å²) in [6.45, 7) is 4.66. The molecule has 3 aliphatic rings. The van der Waals surface area contributed by atoms with Crippen molar-refractivity contribution in [3.8, 4) is 0 Å². The minimum absolute atomic E-state index is 0.124. The van der Waals surface area contributed by atoms with E-state index in [0.29, 0.717) is 52.5 Å². The van der Waals surface area contributed by atoms with Crippen LogP contribution in [0.5, 0.6) is 0 Å². The van der Waals surface area contributed by atoms with Crippen molar-refractivity contribution in [1.29, 1.82) is 0 Å². The fourth-order valence-corrected chi connectivity index (χ4v) is 8.61. The van der Waals surface area contributed by atoms with Gasteiger partial charge in [0, 0.05) is 0 Å². The zero-order valence-corrected chi connectivity index (χ0v) is 26.7. The van der Waals surface area contributed by atoms with Crippen molar-refractivity contribution in [2.75, 3.05) is 0 Å². The molecule has 0 nitrogen and oxygen atoms in total. The van der Waals surface area contributed by atoms with Crippen LogP contribution in [0.3, 0.4) is 0 Å². The molecule has 0 amide bonds. The summed E-state index contributed by atoms with van der Waals surface area (Å²) < 4.78 is 40.1. The van der Waals surface area contributed by atoms with E-state index in [4.69, 9.17) is 23.2 Å². The Morgan fingerprint density at radius 2 is 1.71 bits per heavy atom. The normalized spacial score (nSPS) is 29.9. The number of hydrogen-bond donors (Lipinski definition) is 0. The van der Waals surface area contributed by atoms with Gasteiger partial charge in [0.15, 0.2) is 0 Å². The molecule has 8 unspecified atom stereocenters. The lowest BCUT2D eigenvalue weighted by Gasteiger charge is -2.32. The van der Waals surface area contributed by atoms with Crippen molar-refractivity contribution < 1.29 is 13.2 Å². The van der Waals surface area contributed by atoms with Gasteiger partial charge >= 0.3 is 6.18 Å². The van der Waals surface area contributed by atoms with E-state index in [2.05, 4.69) is 62.4 Å². The van der Waals surface area contributed by atoms with Crippen LogP contribution in [0.4, 0.5) is 13.2 Å². The lowest BCUT2D eigenvalue weighted by atomic mass is 9.73. The Hall–Kier alpha value is -1.45. The highest BCUT2D eigenvalue weighted by Crippen LogP contribution is 2.49. The predicted octanol–water partition coefficient (Wildman–Crippen LogP) is 12.6. The van der Waals surface area contributed by atoms with Gasteiger partial charge < -0.3 is 0 Å². The third kappa shape index (κ3) is 7.98. The zero-order valence-electron chi connectivity index (χ0n) is 25.2. The zero-order chi connectivity index (χ0) is 29.9. The predicted molar refractivity (Wildman–Crippen MR) is 170 cm³/mol. The van der Waals surface area contributed by atoms with Gasteiger partial charge in [0.05, 0.1) is 16.0 Å². The van der Waals surface area contributed by atoms with E-state index in [9.17, 15) is 13.2 Å². The maximum absolute atomic E-state index is 13.4. The molecule has 0 bridgehead atoms. The minimum atomic E-state index is -4.06. The average molecular weight is 620 g/mol. The van der Waals surface area contributed by atoms with Crippen LogP contribution < -0.4 is 0 Å². The van der Waals surface area contributed by atoms with Crippen LogP contribution in [-0.2, 0) is 6.42 Å². The van der Waals surface area contributed by atoms with E-state index in [-0.39, 0.29) is 12.3 Å². The molecule has 2 aromatic rings. The van der Waals surface area contributed by atoms with E-state index in [1.807, 2.05) is 6.07 Å². The first-order valence-corrected chi connectivity index (χ1v) is 17.1. The lowest BCUT2D eigenvalue weighted by molar-refractivity contribution is -0.185. The van der Waals surface area contributed by atoms with E-state index in [1.165, 1.54) is 42.4 Å². The van der Waals surface area contributed by atoms with Crippen molar-refractivity contribution in [3.05, 3.63) is 81.4 Å². The van der Waals surface area contributed by atoms with Crippen molar-refractivity contribution in [2.45, 2.75) is 109 Å². The molecule has 42 heavy (non-hydrogen) atoms. The highest BCUT2D eigenvalue weighted by molar-refractivity contribution is 6.42. The summed E-state index contributed by atoms with van der Waals surface area (Å²) in [5.41, 5.74) is 3.87.